The molecule has 0 saturated carbocycles. The van der Waals surface area contributed by atoms with Gasteiger partial charge in [0, 0.05) is 26.2 Å². The highest BCUT2D eigenvalue weighted by molar-refractivity contribution is 7.92. The van der Waals surface area contributed by atoms with Crippen molar-refractivity contribution in [2.75, 3.05) is 36.8 Å². The topological polar surface area (TPSA) is 70.6 Å². The molecule has 1 aromatic heterocycles. The number of carbonyl (C=O) groups excluding carboxylic acids is 1. The Morgan fingerprint density at radius 1 is 1.07 bits per heavy atom. The first-order chi connectivity index (χ1) is 14.4. The molecular weight excluding hydrogens is 418 g/mol. The summed E-state index contributed by atoms with van der Waals surface area (Å²) in [5, 5.41) is 0.963. The first-order valence-electron chi connectivity index (χ1n) is 10.1. The van der Waals surface area contributed by atoms with Crippen LogP contribution in [-0.4, -0.2) is 56.1 Å². The van der Waals surface area contributed by atoms with E-state index in [4.69, 9.17) is 4.98 Å². The molecule has 0 spiro atoms. The predicted molar refractivity (Wildman–Crippen MR) is 121 cm³/mol. The fourth-order valence-electron chi connectivity index (χ4n) is 3.64. The summed E-state index contributed by atoms with van der Waals surface area (Å²) in [5.41, 5.74) is 3.28. The summed E-state index contributed by atoms with van der Waals surface area (Å²) < 4.78 is 26.3. The molecule has 0 aliphatic carbocycles. The van der Waals surface area contributed by atoms with Crippen LogP contribution in [0.15, 0.2) is 47.4 Å². The van der Waals surface area contributed by atoms with Crippen molar-refractivity contribution in [3.63, 3.8) is 0 Å². The van der Waals surface area contributed by atoms with Crippen molar-refractivity contribution in [2.45, 2.75) is 25.2 Å². The Morgan fingerprint density at radius 3 is 2.43 bits per heavy atom. The van der Waals surface area contributed by atoms with Crippen LogP contribution in [0.4, 0.5) is 5.13 Å². The van der Waals surface area contributed by atoms with Gasteiger partial charge in [0.25, 0.3) is 0 Å². The fourth-order valence-corrected chi connectivity index (χ4v) is 5.93. The van der Waals surface area contributed by atoms with Crippen LogP contribution in [-0.2, 0) is 21.1 Å². The number of piperazine rings is 1. The largest absolute Gasteiger partial charge is 0.345 e. The molecule has 2 aromatic carbocycles. The number of aryl methyl sites for hydroxylation is 2. The van der Waals surface area contributed by atoms with Gasteiger partial charge in [0.1, 0.15) is 5.75 Å². The number of anilines is 1. The highest BCUT2D eigenvalue weighted by atomic mass is 32.2. The molecule has 1 fully saturated rings. The predicted octanol–water partition coefficient (Wildman–Crippen LogP) is 3.29. The lowest BCUT2D eigenvalue weighted by molar-refractivity contribution is -0.128. The Bertz CT molecular complexity index is 1160. The zero-order chi connectivity index (χ0) is 21.3. The number of carbonyl (C=O) groups is 1. The third kappa shape index (κ3) is 4.20. The average Bonchev–Trinajstić information content (AvgIpc) is 3.18. The van der Waals surface area contributed by atoms with Crippen molar-refractivity contribution in [1.29, 1.82) is 0 Å². The summed E-state index contributed by atoms with van der Waals surface area (Å²) >= 11 is 1.67. The molecule has 1 aliphatic rings. The minimum absolute atomic E-state index is 0.196. The van der Waals surface area contributed by atoms with Crippen LogP contribution in [0.1, 0.15) is 18.1 Å². The number of para-hydroxylation sites is 1. The molecule has 0 N–H and O–H groups in total. The Kier molecular flexibility index (Phi) is 5.79. The molecule has 4 rings (SSSR count). The van der Waals surface area contributed by atoms with Crippen LogP contribution in [0.2, 0.25) is 0 Å². The number of nitrogens with zero attached hydrogens (tertiary/aromatic N) is 3. The van der Waals surface area contributed by atoms with Gasteiger partial charge in [-0.05, 0) is 37.1 Å². The smallest absolute Gasteiger partial charge is 0.238 e. The molecule has 0 unspecified atom stereocenters. The molecule has 1 amide bonds. The summed E-state index contributed by atoms with van der Waals surface area (Å²) in [4.78, 5) is 21.5. The van der Waals surface area contributed by atoms with Crippen LogP contribution in [0.3, 0.4) is 0 Å². The summed E-state index contributed by atoms with van der Waals surface area (Å²) in [6.45, 7) is 6.32. The van der Waals surface area contributed by atoms with Crippen molar-refractivity contribution in [3.8, 4) is 0 Å². The molecule has 2 heterocycles. The second-order valence-electron chi connectivity index (χ2n) is 7.55. The molecule has 8 heteroatoms. The number of hydrogen-bond acceptors (Lipinski definition) is 6. The van der Waals surface area contributed by atoms with Gasteiger partial charge in [-0.2, -0.15) is 0 Å². The summed E-state index contributed by atoms with van der Waals surface area (Å²) in [5.74, 6) is -0.829. The quantitative estimate of drug-likeness (QED) is 0.605. The van der Waals surface area contributed by atoms with Crippen molar-refractivity contribution < 1.29 is 13.2 Å². The second-order valence-corrected chi connectivity index (χ2v) is 10.6. The maximum atomic E-state index is 12.6. The normalized spacial score (nSPS) is 15.0. The van der Waals surface area contributed by atoms with Crippen molar-refractivity contribution >= 4 is 42.4 Å². The van der Waals surface area contributed by atoms with Crippen molar-refractivity contribution in [1.82, 2.24) is 9.88 Å². The van der Waals surface area contributed by atoms with Gasteiger partial charge in [-0.3, -0.25) is 4.79 Å². The molecule has 0 bridgehead atoms. The highest BCUT2D eigenvalue weighted by Gasteiger charge is 2.27. The van der Waals surface area contributed by atoms with Gasteiger partial charge in [0.2, 0.25) is 5.91 Å². The van der Waals surface area contributed by atoms with E-state index in [0.29, 0.717) is 26.2 Å². The third-order valence-electron chi connectivity index (χ3n) is 5.47. The van der Waals surface area contributed by atoms with E-state index in [-0.39, 0.29) is 10.8 Å². The Balaban J connectivity index is 1.40. The number of thiazole rings is 1. The number of benzene rings is 2. The monoisotopic (exact) mass is 443 g/mol. The van der Waals surface area contributed by atoms with Gasteiger partial charge in [0.05, 0.1) is 15.1 Å². The lowest BCUT2D eigenvalue weighted by atomic mass is 10.1. The number of amides is 1. The summed E-state index contributed by atoms with van der Waals surface area (Å²) in [6.07, 6.45) is 0.943. The molecule has 3 aromatic rings. The van der Waals surface area contributed by atoms with Gasteiger partial charge in [-0.1, -0.05) is 48.1 Å². The van der Waals surface area contributed by atoms with Gasteiger partial charge in [-0.25, -0.2) is 13.4 Å². The minimum Gasteiger partial charge on any atom is -0.345 e. The minimum atomic E-state index is -3.63. The van der Waals surface area contributed by atoms with E-state index in [1.54, 1.807) is 40.5 Å². The van der Waals surface area contributed by atoms with E-state index in [0.717, 1.165) is 22.6 Å². The first kappa shape index (κ1) is 20.8. The fraction of sp³-hybridized carbons (Fsp3) is 0.364. The van der Waals surface area contributed by atoms with Gasteiger partial charge in [-0.15, -0.1) is 0 Å². The van der Waals surface area contributed by atoms with E-state index in [1.165, 1.54) is 10.3 Å². The van der Waals surface area contributed by atoms with Crippen molar-refractivity contribution in [2.24, 2.45) is 0 Å². The standard InChI is InChI=1S/C22H25N3O3S2/c1-3-17-5-4-6-19-21(17)23-22(29-19)25-13-11-24(12-14-25)20(26)15-30(27,28)18-9-7-16(2)8-10-18/h4-10H,3,11-15H2,1-2H3. The van der Waals surface area contributed by atoms with Crippen LogP contribution >= 0.6 is 11.3 Å². The van der Waals surface area contributed by atoms with Crippen LogP contribution in [0.5, 0.6) is 0 Å². The molecule has 0 radical (unpaired) electrons. The number of fused-ring (bicyclic) bond motifs is 1. The Morgan fingerprint density at radius 2 is 1.77 bits per heavy atom. The molecule has 0 atom stereocenters. The lowest BCUT2D eigenvalue weighted by Crippen LogP contribution is -2.50. The first-order valence-corrected chi connectivity index (χ1v) is 12.5. The zero-order valence-corrected chi connectivity index (χ0v) is 18.8. The third-order valence-corrected chi connectivity index (χ3v) is 8.17. The number of hydrogen-bond donors (Lipinski definition) is 0. The van der Waals surface area contributed by atoms with E-state index in [2.05, 4.69) is 30.0 Å². The second kappa shape index (κ2) is 8.35. The van der Waals surface area contributed by atoms with Gasteiger partial charge < -0.3 is 9.80 Å². The number of rotatable bonds is 5. The van der Waals surface area contributed by atoms with Crippen LogP contribution in [0.25, 0.3) is 10.2 Å². The van der Waals surface area contributed by atoms with E-state index in [9.17, 15) is 13.2 Å². The number of aromatic nitrogens is 1. The summed E-state index contributed by atoms with van der Waals surface area (Å²) in [7, 11) is -3.63. The highest BCUT2D eigenvalue weighted by Crippen LogP contribution is 2.31. The van der Waals surface area contributed by atoms with Gasteiger partial charge in [0.15, 0.2) is 15.0 Å². The molecule has 158 valence electrons. The molecule has 30 heavy (non-hydrogen) atoms. The molecule has 6 nitrogen and oxygen atoms in total. The van der Waals surface area contributed by atoms with E-state index >= 15 is 0 Å². The average molecular weight is 444 g/mol. The van der Waals surface area contributed by atoms with Crippen molar-refractivity contribution in [3.05, 3.63) is 53.6 Å². The van der Waals surface area contributed by atoms with E-state index < -0.39 is 15.6 Å². The van der Waals surface area contributed by atoms with Crippen LogP contribution in [0, 0.1) is 6.92 Å². The van der Waals surface area contributed by atoms with E-state index in [1.807, 2.05) is 6.92 Å². The lowest BCUT2D eigenvalue weighted by Gasteiger charge is -2.34. The molecule has 1 saturated heterocycles. The van der Waals surface area contributed by atoms with Gasteiger partial charge >= 0.3 is 0 Å². The maximum Gasteiger partial charge on any atom is 0.238 e. The molecular formula is C22H25N3O3S2. The number of sulfone groups is 1. The molecule has 1 aliphatic heterocycles. The van der Waals surface area contributed by atoms with Crippen LogP contribution < -0.4 is 4.90 Å². The Hall–Kier alpha value is -2.45. The maximum absolute atomic E-state index is 12.6. The zero-order valence-electron chi connectivity index (χ0n) is 17.2. The SMILES string of the molecule is CCc1cccc2sc(N3CCN(C(=O)CS(=O)(=O)c4ccc(C)cc4)CC3)nc12. The summed E-state index contributed by atoms with van der Waals surface area (Å²) in [6, 6.07) is 12.9. The Labute approximate surface area is 181 Å².